The lowest BCUT2D eigenvalue weighted by Gasteiger charge is -2.28. The van der Waals surface area contributed by atoms with Gasteiger partial charge in [0.15, 0.2) is 0 Å². The van der Waals surface area contributed by atoms with Gasteiger partial charge in [-0.3, -0.25) is 0 Å². The first-order valence-electron chi connectivity index (χ1n) is 3.92. The number of ether oxygens (including phenoxy) is 1. The summed E-state index contributed by atoms with van der Waals surface area (Å²) >= 11 is 0. The first-order chi connectivity index (χ1) is 6.66. The summed E-state index contributed by atoms with van der Waals surface area (Å²) in [7, 11) is 0. The van der Waals surface area contributed by atoms with Gasteiger partial charge in [0, 0.05) is 6.61 Å². The molecule has 0 heterocycles. The second-order valence-corrected chi connectivity index (χ2v) is 2.70. The van der Waals surface area contributed by atoms with Gasteiger partial charge in [-0.05, 0) is 6.92 Å². The van der Waals surface area contributed by atoms with Crippen LogP contribution in [-0.2, 0) is 4.74 Å². The van der Waals surface area contributed by atoms with Crippen LogP contribution in [0.3, 0.4) is 0 Å². The van der Waals surface area contributed by atoms with Gasteiger partial charge in [0.2, 0.25) is 6.17 Å². The number of hydrogen-bond donors (Lipinski definition) is 0. The summed E-state index contributed by atoms with van der Waals surface area (Å²) in [6, 6.07) is 0. The molecule has 0 saturated carbocycles. The molecule has 8 heteroatoms. The lowest BCUT2D eigenvalue weighted by atomic mass is 10.1. The maximum Gasteiger partial charge on any atom is 0.348 e. The van der Waals surface area contributed by atoms with Crippen LogP contribution in [0, 0.1) is 0 Å². The number of halogens is 7. The van der Waals surface area contributed by atoms with E-state index in [1.807, 2.05) is 0 Å². The monoisotopic (exact) mass is 242 g/mol. The Morgan fingerprint density at radius 3 is 1.87 bits per heavy atom. The van der Waals surface area contributed by atoms with E-state index in [1.165, 1.54) is 6.92 Å². The normalized spacial score (nSPS) is 15.8. The number of hydrogen-bond acceptors (Lipinski definition) is 1. The van der Waals surface area contributed by atoms with Crippen LogP contribution < -0.4 is 0 Å². The van der Waals surface area contributed by atoms with E-state index in [0.29, 0.717) is 0 Å². The van der Waals surface area contributed by atoms with E-state index in [1.54, 1.807) is 0 Å². The molecule has 0 bridgehead atoms. The van der Waals surface area contributed by atoms with Gasteiger partial charge in [0.1, 0.15) is 6.61 Å². The van der Waals surface area contributed by atoms with Crippen LogP contribution in [0.15, 0.2) is 0 Å². The minimum absolute atomic E-state index is 0.308. The lowest BCUT2D eigenvalue weighted by Crippen LogP contribution is -2.53. The van der Waals surface area contributed by atoms with Crippen LogP contribution >= 0.6 is 0 Å². The summed E-state index contributed by atoms with van der Waals surface area (Å²) in [4.78, 5) is 0. The second-order valence-electron chi connectivity index (χ2n) is 2.70. The summed E-state index contributed by atoms with van der Waals surface area (Å²) in [6.07, 6.45) is -8.39. The zero-order valence-corrected chi connectivity index (χ0v) is 7.62. The van der Waals surface area contributed by atoms with Gasteiger partial charge >= 0.3 is 11.8 Å². The molecule has 0 aromatic carbocycles. The number of rotatable bonds is 6. The Morgan fingerprint density at radius 2 is 1.53 bits per heavy atom. The van der Waals surface area contributed by atoms with E-state index in [0.717, 1.165) is 0 Å². The third-order valence-electron chi connectivity index (χ3n) is 1.54. The largest absolute Gasteiger partial charge is 0.375 e. The summed E-state index contributed by atoms with van der Waals surface area (Å²) in [5.41, 5.74) is 0. The quantitative estimate of drug-likeness (QED) is 0.651. The molecule has 0 rings (SSSR count). The van der Waals surface area contributed by atoms with Crippen molar-refractivity contribution in [2.24, 2.45) is 0 Å². The molecule has 0 N–H and O–H groups in total. The van der Waals surface area contributed by atoms with E-state index < -0.39 is 31.0 Å². The van der Waals surface area contributed by atoms with E-state index in [2.05, 4.69) is 4.74 Å². The van der Waals surface area contributed by atoms with Crippen molar-refractivity contribution in [3.8, 4) is 0 Å². The van der Waals surface area contributed by atoms with E-state index >= 15 is 0 Å². The molecule has 0 aliphatic heterocycles. The maximum absolute atomic E-state index is 12.6. The second kappa shape index (κ2) is 5.00. The van der Waals surface area contributed by atoms with Crippen molar-refractivity contribution in [2.45, 2.75) is 31.4 Å². The lowest BCUT2D eigenvalue weighted by molar-refractivity contribution is -0.272. The van der Waals surface area contributed by atoms with Crippen molar-refractivity contribution in [2.75, 3.05) is 13.2 Å². The molecule has 0 radical (unpaired) electrons. The Balaban J connectivity index is 4.67. The molecule has 1 unspecified atom stereocenters. The Bertz CT molecular complexity index is 194. The van der Waals surface area contributed by atoms with E-state index in [-0.39, 0.29) is 6.61 Å². The molecule has 0 saturated heterocycles. The highest BCUT2D eigenvalue weighted by Crippen LogP contribution is 2.40. The highest BCUT2D eigenvalue weighted by Gasteiger charge is 2.64. The fourth-order valence-corrected chi connectivity index (χ4v) is 0.686. The first-order valence-corrected chi connectivity index (χ1v) is 3.92. The standard InChI is InChI=1S/C7H9F7O/c1-2-15-3-6(11,12)7(13,14)4(8)5(9)10/h4-5H,2-3H2,1H3. The predicted molar refractivity (Wildman–Crippen MR) is 37.3 cm³/mol. The molecular weight excluding hydrogens is 233 g/mol. The van der Waals surface area contributed by atoms with Crippen molar-refractivity contribution in [1.82, 2.24) is 0 Å². The maximum atomic E-state index is 12.6. The van der Waals surface area contributed by atoms with Crippen molar-refractivity contribution in [3.05, 3.63) is 0 Å². The average molecular weight is 242 g/mol. The molecule has 0 spiro atoms. The molecule has 0 amide bonds. The van der Waals surface area contributed by atoms with Gasteiger partial charge in [-0.15, -0.1) is 0 Å². The smallest absolute Gasteiger partial charge is 0.348 e. The summed E-state index contributed by atoms with van der Waals surface area (Å²) in [6.45, 7) is -0.866. The fourth-order valence-electron chi connectivity index (χ4n) is 0.686. The topological polar surface area (TPSA) is 9.23 Å². The summed E-state index contributed by atoms with van der Waals surface area (Å²) < 4.78 is 89.3. The number of alkyl halides is 7. The van der Waals surface area contributed by atoms with Crippen molar-refractivity contribution in [1.29, 1.82) is 0 Å². The van der Waals surface area contributed by atoms with E-state index in [9.17, 15) is 30.7 Å². The Kier molecular flexibility index (Phi) is 4.82. The minimum Gasteiger partial charge on any atom is -0.375 e. The van der Waals surface area contributed by atoms with Gasteiger partial charge in [-0.2, -0.15) is 17.6 Å². The molecule has 0 fully saturated rings. The average Bonchev–Trinajstić information content (AvgIpc) is 2.13. The first kappa shape index (κ1) is 14.5. The van der Waals surface area contributed by atoms with Crippen LogP contribution in [0.4, 0.5) is 30.7 Å². The summed E-state index contributed by atoms with van der Waals surface area (Å²) in [5, 5.41) is 0. The Labute approximate surface area is 81.2 Å². The van der Waals surface area contributed by atoms with Gasteiger partial charge in [0.25, 0.3) is 6.43 Å². The fraction of sp³-hybridized carbons (Fsp3) is 1.00. The van der Waals surface area contributed by atoms with E-state index in [4.69, 9.17) is 0 Å². The molecule has 1 atom stereocenters. The predicted octanol–water partition coefficient (Wildman–Crippen LogP) is 2.90. The van der Waals surface area contributed by atoms with Gasteiger partial charge in [-0.1, -0.05) is 0 Å². The molecule has 1 nitrogen and oxygen atoms in total. The zero-order valence-electron chi connectivity index (χ0n) is 7.62. The molecule has 0 aliphatic carbocycles. The van der Waals surface area contributed by atoms with Crippen molar-refractivity contribution >= 4 is 0 Å². The van der Waals surface area contributed by atoms with Gasteiger partial charge < -0.3 is 4.74 Å². The molecule has 0 aromatic rings. The highest BCUT2D eigenvalue weighted by atomic mass is 19.3. The molecule has 0 aliphatic rings. The van der Waals surface area contributed by atoms with Crippen LogP contribution in [0.1, 0.15) is 6.92 Å². The van der Waals surface area contributed by atoms with Gasteiger partial charge in [0.05, 0.1) is 0 Å². The van der Waals surface area contributed by atoms with Crippen LogP contribution in [-0.4, -0.2) is 37.7 Å². The summed E-state index contributed by atoms with van der Waals surface area (Å²) in [5.74, 6) is -10.4. The molecule has 92 valence electrons. The van der Waals surface area contributed by atoms with Crippen LogP contribution in [0.5, 0.6) is 0 Å². The zero-order chi connectivity index (χ0) is 12.3. The highest BCUT2D eigenvalue weighted by molar-refractivity contribution is 4.92. The molecule has 15 heavy (non-hydrogen) atoms. The minimum atomic E-state index is -5.45. The SMILES string of the molecule is CCOCC(F)(F)C(F)(F)C(F)C(F)F. The Morgan fingerprint density at radius 1 is 1.07 bits per heavy atom. The Hall–Kier alpha value is -0.530. The van der Waals surface area contributed by atoms with Crippen molar-refractivity contribution in [3.63, 3.8) is 0 Å². The third kappa shape index (κ3) is 3.22. The van der Waals surface area contributed by atoms with Gasteiger partial charge in [-0.25, -0.2) is 13.2 Å². The molecular formula is C7H9F7O. The van der Waals surface area contributed by atoms with Crippen molar-refractivity contribution < 1.29 is 35.5 Å². The molecule has 0 aromatic heterocycles. The van der Waals surface area contributed by atoms with Crippen LogP contribution in [0.25, 0.3) is 0 Å². The van der Waals surface area contributed by atoms with Crippen LogP contribution in [0.2, 0.25) is 0 Å². The third-order valence-corrected chi connectivity index (χ3v) is 1.54.